The fourth-order valence-electron chi connectivity index (χ4n) is 3.13. The average Bonchev–Trinajstić information content (AvgIpc) is 2.70. The van der Waals surface area contributed by atoms with Crippen molar-refractivity contribution in [1.29, 1.82) is 0 Å². The fourth-order valence-corrected chi connectivity index (χ4v) is 3.13. The molecule has 2 heteroatoms. The largest absolute Gasteiger partial charge is 0.493 e. The smallest absolute Gasteiger partial charge is 0.122 e. The molecule has 1 saturated carbocycles. The van der Waals surface area contributed by atoms with E-state index in [2.05, 4.69) is 23.5 Å². The third kappa shape index (κ3) is 2.80. The maximum Gasteiger partial charge on any atom is 0.122 e. The maximum atomic E-state index is 5.54. The van der Waals surface area contributed by atoms with Gasteiger partial charge in [-0.1, -0.05) is 25.7 Å². The van der Waals surface area contributed by atoms with Crippen molar-refractivity contribution in [2.75, 3.05) is 18.5 Å². The first-order valence-electron chi connectivity index (χ1n) is 7.41. The quantitative estimate of drug-likeness (QED) is 0.813. The van der Waals surface area contributed by atoms with Gasteiger partial charge >= 0.3 is 0 Å². The van der Waals surface area contributed by atoms with Crippen molar-refractivity contribution in [3.05, 3.63) is 23.8 Å². The van der Waals surface area contributed by atoms with Crippen LogP contribution in [0.3, 0.4) is 0 Å². The van der Waals surface area contributed by atoms with E-state index in [1.807, 2.05) is 0 Å². The van der Waals surface area contributed by atoms with Crippen LogP contribution in [0.1, 0.15) is 44.1 Å². The van der Waals surface area contributed by atoms with Crippen LogP contribution in [0.15, 0.2) is 18.2 Å². The lowest BCUT2D eigenvalue weighted by Gasteiger charge is -2.16. The molecule has 1 aromatic carbocycles. The summed E-state index contributed by atoms with van der Waals surface area (Å²) in [6.07, 6.45) is 9.59. The van der Waals surface area contributed by atoms with E-state index in [9.17, 15) is 0 Å². The summed E-state index contributed by atoms with van der Waals surface area (Å²) in [5.41, 5.74) is 2.63. The predicted molar refractivity (Wildman–Crippen MR) is 75.3 cm³/mol. The molecule has 1 aliphatic heterocycles. The van der Waals surface area contributed by atoms with E-state index in [-0.39, 0.29) is 0 Å². The molecule has 0 saturated heterocycles. The van der Waals surface area contributed by atoms with Crippen LogP contribution in [0.4, 0.5) is 5.69 Å². The third-order valence-corrected chi connectivity index (χ3v) is 4.26. The van der Waals surface area contributed by atoms with Crippen molar-refractivity contribution < 1.29 is 4.74 Å². The zero-order valence-corrected chi connectivity index (χ0v) is 11.1. The van der Waals surface area contributed by atoms with E-state index < -0.39 is 0 Å². The van der Waals surface area contributed by atoms with Crippen molar-refractivity contribution >= 4 is 5.69 Å². The standard InChI is InChI=1S/C16H23NO/c1-2-4-6-13(5-3-1)12-17-15-7-8-16-14(11-15)9-10-18-16/h7-8,11,13,17H,1-6,9-10,12H2. The van der Waals surface area contributed by atoms with Gasteiger partial charge < -0.3 is 10.1 Å². The number of fused-ring (bicyclic) bond motifs is 1. The van der Waals surface area contributed by atoms with E-state index >= 15 is 0 Å². The van der Waals surface area contributed by atoms with E-state index in [4.69, 9.17) is 4.74 Å². The molecule has 0 spiro atoms. The second-order valence-corrected chi connectivity index (χ2v) is 5.66. The highest BCUT2D eigenvalue weighted by Crippen LogP contribution is 2.28. The van der Waals surface area contributed by atoms with Crippen LogP contribution in [0.25, 0.3) is 0 Å². The Bertz CT molecular complexity index is 394. The van der Waals surface area contributed by atoms with Crippen LogP contribution in [0.2, 0.25) is 0 Å². The molecule has 0 atom stereocenters. The van der Waals surface area contributed by atoms with Crippen molar-refractivity contribution in [2.24, 2.45) is 5.92 Å². The van der Waals surface area contributed by atoms with Crippen molar-refractivity contribution in [1.82, 2.24) is 0 Å². The van der Waals surface area contributed by atoms with Crippen LogP contribution in [-0.4, -0.2) is 13.2 Å². The highest BCUT2D eigenvalue weighted by Gasteiger charge is 2.14. The Hall–Kier alpha value is -1.18. The molecular weight excluding hydrogens is 222 g/mol. The SMILES string of the molecule is c1cc2c(cc1NCC1CCCCCC1)CCO2. The van der Waals surface area contributed by atoms with Gasteiger partial charge in [0.25, 0.3) is 0 Å². The molecule has 98 valence electrons. The van der Waals surface area contributed by atoms with Gasteiger partial charge in [-0.15, -0.1) is 0 Å². The molecule has 1 fully saturated rings. The normalized spacial score (nSPS) is 20.0. The van der Waals surface area contributed by atoms with Crippen molar-refractivity contribution in [3.63, 3.8) is 0 Å². The number of hydrogen-bond donors (Lipinski definition) is 1. The second kappa shape index (κ2) is 5.64. The first kappa shape index (κ1) is 11.9. The Morgan fingerprint density at radius 2 is 1.94 bits per heavy atom. The third-order valence-electron chi connectivity index (χ3n) is 4.26. The summed E-state index contributed by atoms with van der Waals surface area (Å²) in [6.45, 7) is 1.99. The molecule has 18 heavy (non-hydrogen) atoms. The minimum absolute atomic E-state index is 0.849. The van der Waals surface area contributed by atoms with E-state index in [1.54, 1.807) is 0 Å². The molecule has 1 aliphatic carbocycles. The molecule has 1 aromatic rings. The fraction of sp³-hybridized carbons (Fsp3) is 0.625. The Morgan fingerprint density at radius 3 is 2.78 bits per heavy atom. The first-order chi connectivity index (χ1) is 8.92. The van der Waals surface area contributed by atoms with Gasteiger partial charge in [-0.25, -0.2) is 0 Å². The van der Waals surface area contributed by atoms with E-state index in [0.717, 1.165) is 31.2 Å². The summed E-state index contributed by atoms with van der Waals surface area (Å²) >= 11 is 0. The summed E-state index contributed by atoms with van der Waals surface area (Å²) in [5.74, 6) is 1.95. The Morgan fingerprint density at radius 1 is 1.11 bits per heavy atom. The molecule has 1 heterocycles. The summed E-state index contributed by atoms with van der Waals surface area (Å²) in [6, 6.07) is 6.53. The Labute approximate surface area is 110 Å². The molecule has 2 aliphatic rings. The van der Waals surface area contributed by atoms with Gasteiger partial charge in [-0.3, -0.25) is 0 Å². The Kier molecular flexibility index (Phi) is 3.72. The zero-order valence-electron chi connectivity index (χ0n) is 11.1. The van der Waals surface area contributed by atoms with Gasteiger partial charge in [0.05, 0.1) is 6.61 Å². The molecule has 3 rings (SSSR count). The predicted octanol–water partition coefficient (Wildman–Crippen LogP) is 4.00. The van der Waals surface area contributed by atoms with Gasteiger partial charge in [-0.05, 0) is 42.5 Å². The number of benzene rings is 1. The van der Waals surface area contributed by atoms with Crippen molar-refractivity contribution in [2.45, 2.75) is 44.9 Å². The molecule has 0 bridgehead atoms. The summed E-state index contributed by atoms with van der Waals surface area (Å²) in [7, 11) is 0. The van der Waals surface area contributed by atoms with Gasteiger partial charge in [0.15, 0.2) is 0 Å². The average molecular weight is 245 g/mol. The lowest BCUT2D eigenvalue weighted by atomic mass is 10.0. The lowest BCUT2D eigenvalue weighted by Crippen LogP contribution is -2.13. The molecule has 0 amide bonds. The topological polar surface area (TPSA) is 21.3 Å². The highest BCUT2D eigenvalue weighted by molar-refractivity contribution is 5.52. The van der Waals surface area contributed by atoms with E-state index in [0.29, 0.717) is 0 Å². The summed E-state index contributed by atoms with van der Waals surface area (Å²) < 4.78 is 5.54. The molecule has 0 aromatic heterocycles. The van der Waals surface area contributed by atoms with Crippen LogP contribution >= 0.6 is 0 Å². The highest BCUT2D eigenvalue weighted by atomic mass is 16.5. The monoisotopic (exact) mass is 245 g/mol. The number of anilines is 1. The number of nitrogens with one attached hydrogen (secondary N) is 1. The van der Waals surface area contributed by atoms with Gasteiger partial charge in [0.1, 0.15) is 5.75 Å². The molecule has 0 radical (unpaired) electrons. The van der Waals surface area contributed by atoms with Gasteiger partial charge in [0, 0.05) is 18.7 Å². The maximum absolute atomic E-state index is 5.54. The summed E-state index contributed by atoms with van der Waals surface area (Å²) in [5, 5.41) is 3.62. The first-order valence-corrected chi connectivity index (χ1v) is 7.41. The van der Waals surface area contributed by atoms with E-state index in [1.165, 1.54) is 49.8 Å². The number of ether oxygens (including phenoxy) is 1. The minimum Gasteiger partial charge on any atom is -0.493 e. The minimum atomic E-state index is 0.849. The Balaban J connectivity index is 1.56. The van der Waals surface area contributed by atoms with Gasteiger partial charge in [0.2, 0.25) is 0 Å². The van der Waals surface area contributed by atoms with Crippen molar-refractivity contribution in [3.8, 4) is 5.75 Å². The summed E-state index contributed by atoms with van der Waals surface area (Å²) in [4.78, 5) is 0. The number of hydrogen-bond acceptors (Lipinski definition) is 2. The van der Waals surface area contributed by atoms with Crippen LogP contribution in [-0.2, 0) is 6.42 Å². The molecular formula is C16H23NO. The molecule has 2 nitrogen and oxygen atoms in total. The molecule has 0 unspecified atom stereocenters. The number of rotatable bonds is 3. The van der Waals surface area contributed by atoms with Crippen LogP contribution < -0.4 is 10.1 Å². The van der Waals surface area contributed by atoms with Crippen LogP contribution in [0, 0.1) is 5.92 Å². The lowest BCUT2D eigenvalue weighted by molar-refractivity contribution is 0.357. The zero-order chi connectivity index (χ0) is 12.2. The van der Waals surface area contributed by atoms with Gasteiger partial charge in [-0.2, -0.15) is 0 Å². The second-order valence-electron chi connectivity index (χ2n) is 5.66. The molecule has 1 N–H and O–H groups in total. The van der Waals surface area contributed by atoms with Crippen LogP contribution in [0.5, 0.6) is 5.75 Å².